The van der Waals surface area contributed by atoms with E-state index in [0.717, 1.165) is 13.0 Å². The van der Waals surface area contributed by atoms with Crippen LogP contribution >= 0.6 is 0 Å². The summed E-state index contributed by atoms with van der Waals surface area (Å²) in [6.45, 7) is 0.820. The zero-order valence-electron chi connectivity index (χ0n) is 9.46. The zero-order chi connectivity index (χ0) is 11.6. The SMILES string of the molecule is CN(Cc1ccccc1)[C@@H]1CCS(=O)(=O)C1. The van der Waals surface area contributed by atoms with Crippen LogP contribution < -0.4 is 0 Å². The van der Waals surface area contributed by atoms with Crippen molar-refractivity contribution < 1.29 is 8.42 Å². The van der Waals surface area contributed by atoms with Gasteiger partial charge >= 0.3 is 0 Å². The standard InChI is InChI=1S/C12H17NO2S/c1-13(9-11-5-3-2-4-6-11)12-7-8-16(14,15)10-12/h2-6,12H,7-10H2,1H3/t12-/m1/s1. The summed E-state index contributed by atoms with van der Waals surface area (Å²) >= 11 is 0. The Morgan fingerprint density at radius 1 is 1.31 bits per heavy atom. The zero-order valence-corrected chi connectivity index (χ0v) is 10.3. The Balaban J connectivity index is 1.97. The van der Waals surface area contributed by atoms with Crippen LogP contribution in [0.4, 0.5) is 0 Å². The second-order valence-electron chi connectivity index (χ2n) is 4.46. The molecule has 1 fully saturated rings. The second kappa shape index (κ2) is 4.55. The van der Waals surface area contributed by atoms with Gasteiger partial charge in [0.1, 0.15) is 0 Å². The molecule has 16 heavy (non-hydrogen) atoms. The van der Waals surface area contributed by atoms with Crippen LogP contribution in [0.3, 0.4) is 0 Å². The van der Waals surface area contributed by atoms with Crippen LogP contribution in [-0.4, -0.2) is 37.9 Å². The van der Waals surface area contributed by atoms with E-state index < -0.39 is 9.84 Å². The van der Waals surface area contributed by atoms with E-state index in [9.17, 15) is 8.42 Å². The first-order chi connectivity index (χ1) is 7.57. The van der Waals surface area contributed by atoms with Crippen molar-refractivity contribution in [3.63, 3.8) is 0 Å². The van der Waals surface area contributed by atoms with E-state index in [1.807, 2.05) is 25.2 Å². The van der Waals surface area contributed by atoms with Gasteiger partial charge in [0.05, 0.1) is 11.5 Å². The minimum absolute atomic E-state index is 0.185. The molecule has 0 radical (unpaired) electrons. The first-order valence-electron chi connectivity index (χ1n) is 5.51. The fourth-order valence-electron chi connectivity index (χ4n) is 2.12. The van der Waals surface area contributed by atoms with E-state index in [0.29, 0.717) is 11.5 Å². The van der Waals surface area contributed by atoms with Gasteiger partial charge < -0.3 is 0 Å². The van der Waals surface area contributed by atoms with Gasteiger partial charge in [-0.3, -0.25) is 4.90 Å². The maximum absolute atomic E-state index is 11.4. The Labute approximate surface area is 97.0 Å². The molecule has 0 aliphatic carbocycles. The number of sulfone groups is 1. The Kier molecular flexibility index (Phi) is 3.30. The molecule has 88 valence electrons. The summed E-state index contributed by atoms with van der Waals surface area (Å²) in [4.78, 5) is 2.14. The number of rotatable bonds is 3. The van der Waals surface area contributed by atoms with E-state index in [1.54, 1.807) is 0 Å². The summed E-state index contributed by atoms with van der Waals surface area (Å²) in [7, 11) is -0.776. The van der Waals surface area contributed by atoms with Crippen LogP contribution in [0.2, 0.25) is 0 Å². The molecular formula is C12H17NO2S. The lowest BCUT2D eigenvalue weighted by Crippen LogP contribution is -2.32. The fourth-order valence-corrected chi connectivity index (χ4v) is 3.93. The summed E-state index contributed by atoms with van der Waals surface area (Å²) in [6.07, 6.45) is 0.770. The smallest absolute Gasteiger partial charge is 0.151 e. The molecule has 1 aromatic rings. The van der Waals surface area contributed by atoms with Gasteiger partial charge in [-0.15, -0.1) is 0 Å². The molecule has 1 atom stereocenters. The van der Waals surface area contributed by atoms with Gasteiger partial charge in [-0.1, -0.05) is 30.3 Å². The van der Waals surface area contributed by atoms with Crippen molar-refractivity contribution in [2.24, 2.45) is 0 Å². The quantitative estimate of drug-likeness (QED) is 0.798. The first-order valence-corrected chi connectivity index (χ1v) is 7.33. The van der Waals surface area contributed by atoms with Crippen molar-refractivity contribution in [3.8, 4) is 0 Å². The number of hydrogen-bond donors (Lipinski definition) is 0. The number of hydrogen-bond acceptors (Lipinski definition) is 3. The van der Waals surface area contributed by atoms with Gasteiger partial charge in [0, 0.05) is 12.6 Å². The van der Waals surface area contributed by atoms with Crippen LogP contribution in [-0.2, 0) is 16.4 Å². The molecule has 3 nitrogen and oxygen atoms in total. The van der Waals surface area contributed by atoms with Crippen LogP contribution in [0.25, 0.3) is 0 Å². The van der Waals surface area contributed by atoms with Gasteiger partial charge in [-0.05, 0) is 19.0 Å². The van der Waals surface area contributed by atoms with Crippen LogP contribution in [0.15, 0.2) is 30.3 Å². The third kappa shape index (κ3) is 2.83. The lowest BCUT2D eigenvalue weighted by atomic mass is 10.2. The molecule has 1 saturated heterocycles. The predicted octanol–water partition coefficient (Wildman–Crippen LogP) is 1.31. The first kappa shape index (κ1) is 11.6. The molecule has 1 aliphatic heterocycles. The summed E-state index contributed by atoms with van der Waals surface area (Å²) < 4.78 is 22.7. The summed E-state index contributed by atoms with van der Waals surface area (Å²) in [5.74, 6) is 0.660. The topological polar surface area (TPSA) is 37.4 Å². The van der Waals surface area contributed by atoms with Crippen molar-refractivity contribution in [2.45, 2.75) is 19.0 Å². The highest BCUT2D eigenvalue weighted by atomic mass is 32.2. The third-order valence-electron chi connectivity index (χ3n) is 3.11. The normalized spacial score (nSPS) is 23.8. The van der Waals surface area contributed by atoms with Crippen LogP contribution in [0.1, 0.15) is 12.0 Å². The molecule has 1 aromatic carbocycles. The number of nitrogens with zero attached hydrogens (tertiary/aromatic N) is 1. The van der Waals surface area contributed by atoms with Gasteiger partial charge in [0.25, 0.3) is 0 Å². The molecule has 1 heterocycles. The molecular weight excluding hydrogens is 222 g/mol. The highest BCUT2D eigenvalue weighted by Crippen LogP contribution is 2.18. The predicted molar refractivity (Wildman–Crippen MR) is 65.0 cm³/mol. The largest absolute Gasteiger partial charge is 0.298 e. The Morgan fingerprint density at radius 2 is 2.00 bits per heavy atom. The Morgan fingerprint density at radius 3 is 2.56 bits per heavy atom. The third-order valence-corrected chi connectivity index (χ3v) is 4.86. The second-order valence-corrected chi connectivity index (χ2v) is 6.69. The molecule has 0 unspecified atom stereocenters. The van der Waals surface area contributed by atoms with Crippen molar-refractivity contribution in [1.29, 1.82) is 0 Å². The van der Waals surface area contributed by atoms with Crippen LogP contribution in [0.5, 0.6) is 0 Å². The minimum Gasteiger partial charge on any atom is -0.298 e. The highest BCUT2D eigenvalue weighted by Gasteiger charge is 2.30. The average molecular weight is 239 g/mol. The van der Waals surface area contributed by atoms with Crippen molar-refractivity contribution in [1.82, 2.24) is 4.90 Å². The van der Waals surface area contributed by atoms with E-state index in [2.05, 4.69) is 17.0 Å². The monoisotopic (exact) mass is 239 g/mol. The molecule has 0 spiro atoms. The molecule has 1 aliphatic rings. The van der Waals surface area contributed by atoms with Gasteiger partial charge in [-0.2, -0.15) is 0 Å². The van der Waals surface area contributed by atoms with Gasteiger partial charge in [-0.25, -0.2) is 8.42 Å². The van der Waals surface area contributed by atoms with E-state index in [-0.39, 0.29) is 6.04 Å². The number of benzene rings is 1. The van der Waals surface area contributed by atoms with Crippen LogP contribution in [0, 0.1) is 0 Å². The van der Waals surface area contributed by atoms with Gasteiger partial charge in [0.2, 0.25) is 0 Å². The molecule has 4 heteroatoms. The molecule has 0 aromatic heterocycles. The van der Waals surface area contributed by atoms with E-state index in [1.165, 1.54) is 5.56 Å². The van der Waals surface area contributed by atoms with Gasteiger partial charge in [0.15, 0.2) is 9.84 Å². The van der Waals surface area contributed by atoms with Crippen molar-refractivity contribution in [3.05, 3.63) is 35.9 Å². The van der Waals surface area contributed by atoms with E-state index in [4.69, 9.17) is 0 Å². The summed E-state index contributed by atoms with van der Waals surface area (Å²) in [5.41, 5.74) is 1.23. The molecule has 0 saturated carbocycles. The maximum Gasteiger partial charge on any atom is 0.151 e. The average Bonchev–Trinajstić information content (AvgIpc) is 2.60. The summed E-state index contributed by atoms with van der Waals surface area (Å²) in [6, 6.07) is 10.3. The minimum atomic E-state index is -2.77. The van der Waals surface area contributed by atoms with Crippen molar-refractivity contribution >= 4 is 9.84 Å². The van der Waals surface area contributed by atoms with Crippen molar-refractivity contribution in [2.75, 3.05) is 18.6 Å². The molecule has 0 bridgehead atoms. The maximum atomic E-state index is 11.4. The molecule has 2 rings (SSSR count). The Hall–Kier alpha value is -0.870. The fraction of sp³-hybridized carbons (Fsp3) is 0.500. The molecule has 0 amide bonds. The Bertz CT molecular complexity index is 441. The highest BCUT2D eigenvalue weighted by molar-refractivity contribution is 7.91. The molecule has 0 N–H and O–H groups in total. The van der Waals surface area contributed by atoms with E-state index >= 15 is 0 Å². The lowest BCUT2D eigenvalue weighted by molar-refractivity contribution is 0.254. The lowest BCUT2D eigenvalue weighted by Gasteiger charge is -2.22. The summed E-state index contributed by atoms with van der Waals surface area (Å²) in [5, 5.41) is 0.